The Hall–Kier alpha value is -2.43. The van der Waals surface area contributed by atoms with Gasteiger partial charge in [0.25, 0.3) is 0 Å². The van der Waals surface area contributed by atoms with Crippen molar-refractivity contribution in [1.82, 2.24) is 14.9 Å². The average Bonchev–Trinajstić information content (AvgIpc) is 3.36. The predicted octanol–water partition coefficient (Wildman–Crippen LogP) is 4.99. The standard InChI is InChI=1S/C26H34N4O/c31-24(14-13-20-9-5-6-10-20)30-18-15-23-22(19-30)26(29-16-7-2-8-17-29)28-25(27-23)21-11-3-1-4-12-21/h1,3-4,11-12,20H,2,5-10,13-19H2. The van der Waals surface area contributed by atoms with Crippen molar-refractivity contribution in [3.05, 3.63) is 41.6 Å². The summed E-state index contributed by atoms with van der Waals surface area (Å²) in [6.07, 6.45) is 11.6. The third kappa shape index (κ3) is 4.60. The Labute approximate surface area is 185 Å². The first-order chi connectivity index (χ1) is 15.3. The number of anilines is 1. The van der Waals surface area contributed by atoms with Gasteiger partial charge in [-0.3, -0.25) is 4.79 Å². The van der Waals surface area contributed by atoms with Crippen LogP contribution in [0.4, 0.5) is 5.82 Å². The largest absolute Gasteiger partial charge is 0.356 e. The zero-order valence-corrected chi connectivity index (χ0v) is 18.6. The number of benzene rings is 1. The fourth-order valence-electron chi connectivity index (χ4n) is 5.48. The quantitative estimate of drug-likeness (QED) is 0.686. The van der Waals surface area contributed by atoms with Crippen molar-refractivity contribution in [3.8, 4) is 11.4 Å². The topological polar surface area (TPSA) is 49.3 Å². The fourth-order valence-corrected chi connectivity index (χ4v) is 5.48. The average molecular weight is 419 g/mol. The summed E-state index contributed by atoms with van der Waals surface area (Å²) in [6, 6.07) is 10.3. The van der Waals surface area contributed by atoms with E-state index in [4.69, 9.17) is 9.97 Å². The molecule has 2 fully saturated rings. The fraction of sp³-hybridized carbons (Fsp3) is 0.577. The third-order valence-electron chi connectivity index (χ3n) is 7.32. The van der Waals surface area contributed by atoms with Crippen molar-refractivity contribution in [2.75, 3.05) is 24.5 Å². The first kappa shape index (κ1) is 20.5. The number of rotatable bonds is 5. The zero-order chi connectivity index (χ0) is 21.0. The molecule has 0 bridgehead atoms. The Kier molecular flexibility index (Phi) is 6.19. The number of hydrogen-bond donors (Lipinski definition) is 0. The summed E-state index contributed by atoms with van der Waals surface area (Å²) in [7, 11) is 0. The lowest BCUT2D eigenvalue weighted by Crippen LogP contribution is -2.39. The molecule has 1 aromatic heterocycles. The maximum absolute atomic E-state index is 13.0. The van der Waals surface area contributed by atoms with Gasteiger partial charge < -0.3 is 9.80 Å². The monoisotopic (exact) mass is 418 g/mol. The van der Waals surface area contributed by atoms with Crippen LogP contribution in [0.25, 0.3) is 11.4 Å². The normalized spacial score (nSPS) is 19.5. The highest BCUT2D eigenvalue weighted by molar-refractivity contribution is 5.77. The van der Waals surface area contributed by atoms with Crippen LogP contribution in [-0.4, -0.2) is 40.4 Å². The second-order valence-corrected chi connectivity index (χ2v) is 9.46. The van der Waals surface area contributed by atoms with Gasteiger partial charge in [0.2, 0.25) is 5.91 Å². The van der Waals surface area contributed by atoms with Gasteiger partial charge in [0.05, 0.1) is 12.2 Å². The van der Waals surface area contributed by atoms with E-state index in [0.717, 1.165) is 61.3 Å². The summed E-state index contributed by atoms with van der Waals surface area (Å²) in [6.45, 7) is 3.54. The number of amides is 1. The summed E-state index contributed by atoms with van der Waals surface area (Å²) >= 11 is 0. The van der Waals surface area contributed by atoms with E-state index in [2.05, 4.69) is 21.9 Å². The number of fused-ring (bicyclic) bond motifs is 1. The van der Waals surface area contributed by atoms with E-state index >= 15 is 0 Å². The first-order valence-electron chi connectivity index (χ1n) is 12.3. The molecule has 2 aromatic rings. The number of piperidine rings is 1. The molecule has 1 amide bonds. The van der Waals surface area contributed by atoms with Gasteiger partial charge >= 0.3 is 0 Å². The van der Waals surface area contributed by atoms with E-state index in [1.165, 1.54) is 50.5 Å². The third-order valence-corrected chi connectivity index (χ3v) is 7.32. The molecule has 5 rings (SSSR count). The molecule has 1 aliphatic carbocycles. The first-order valence-corrected chi connectivity index (χ1v) is 12.3. The minimum absolute atomic E-state index is 0.314. The molecule has 31 heavy (non-hydrogen) atoms. The molecular weight excluding hydrogens is 384 g/mol. The zero-order valence-electron chi connectivity index (χ0n) is 18.6. The lowest BCUT2D eigenvalue weighted by Gasteiger charge is -2.35. The maximum atomic E-state index is 13.0. The Morgan fingerprint density at radius 3 is 2.48 bits per heavy atom. The van der Waals surface area contributed by atoms with Crippen molar-refractivity contribution in [2.45, 2.75) is 70.8 Å². The Morgan fingerprint density at radius 1 is 0.935 bits per heavy atom. The summed E-state index contributed by atoms with van der Waals surface area (Å²) < 4.78 is 0. The molecule has 1 saturated heterocycles. The Morgan fingerprint density at radius 2 is 1.71 bits per heavy atom. The summed E-state index contributed by atoms with van der Waals surface area (Å²) in [5, 5.41) is 0. The van der Waals surface area contributed by atoms with E-state index in [0.29, 0.717) is 18.9 Å². The highest BCUT2D eigenvalue weighted by Crippen LogP contribution is 2.32. The summed E-state index contributed by atoms with van der Waals surface area (Å²) in [4.78, 5) is 27.5. The summed E-state index contributed by atoms with van der Waals surface area (Å²) in [5.74, 6) is 2.97. The highest BCUT2D eigenvalue weighted by atomic mass is 16.2. The van der Waals surface area contributed by atoms with Gasteiger partial charge in [-0.1, -0.05) is 56.0 Å². The van der Waals surface area contributed by atoms with Crippen LogP contribution >= 0.6 is 0 Å². The molecule has 5 heteroatoms. The van der Waals surface area contributed by atoms with Gasteiger partial charge in [0, 0.05) is 43.6 Å². The molecule has 1 aromatic carbocycles. The molecule has 3 aliphatic rings. The van der Waals surface area contributed by atoms with E-state index < -0.39 is 0 Å². The van der Waals surface area contributed by atoms with Crippen LogP contribution in [0.3, 0.4) is 0 Å². The van der Waals surface area contributed by atoms with E-state index in [-0.39, 0.29) is 0 Å². The van der Waals surface area contributed by atoms with Gasteiger partial charge in [-0.15, -0.1) is 0 Å². The van der Waals surface area contributed by atoms with Gasteiger partial charge in [0.1, 0.15) is 5.82 Å². The number of nitrogens with zero attached hydrogens (tertiary/aromatic N) is 4. The second-order valence-electron chi connectivity index (χ2n) is 9.46. The molecular formula is C26H34N4O. The molecule has 0 unspecified atom stereocenters. The van der Waals surface area contributed by atoms with E-state index in [9.17, 15) is 4.79 Å². The van der Waals surface area contributed by atoms with E-state index in [1.807, 2.05) is 18.2 Å². The maximum Gasteiger partial charge on any atom is 0.222 e. The van der Waals surface area contributed by atoms with Crippen LogP contribution in [-0.2, 0) is 17.8 Å². The molecule has 0 spiro atoms. The molecule has 0 N–H and O–H groups in total. The lowest BCUT2D eigenvalue weighted by atomic mass is 9.99. The van der Waals surface area contributed by atoms with Gasteiger partial charge in [-0.25, -0.2) is 9.97 Å². The van der Waals surface area contributed by atoms with Crippen molar-refractivity contribution < 1.29 is 4.79 Å². The molecule has 1 saturated carbocycles. The van der Waals surface area contributed by atoms with Crippen molar-refractivity contribution >= 4 is 11.7 Å². The second kappa shape index (κ2) is 9.37. The molecule has 3 heterocycles. The number of hydrogen-bond acceptors (Lipinski definition) is 4. The molecule has 2 aliphatic heterocycles. The highest BCUT2D eigenvalue weighted by Gasteiger charge is 2.29. The van der Waals surface area contributed by atoms with Crippen LogP contribution in [0, 0.1) is 5.92 Å². The SMILES string of the molecule is O=C(CCC1CCCC1)N1CCc2nc(-c3ccccc3)nc(N3CCCCC3)c2C1. The van der Waals surface area contributed by atoms with Crippen molar-refractivity contribution in [3.63, 3.8) is 0 Å². The minimum atomic E-state index is 0.314. The van der Waals surface area contributed by atoms with Gasteiger partial charge in [-0.2, -0.15) is 0 Å². The molecule has 5 nitrogen and oxygen atoms in total. The summed E-state index contributed by atoms with van der Waals surface area (Å²) in [5.41, 5.74) is 3.38. The number of carbonyl (C=O) groups excluding carboxylic acids is 1. The molecule has 0 atom stereocenters. The van der Waals surface area contributed by atoms with Crippen LogP contribution in [0.2, 0.25) is 0 Å². The van der Waals surface area contributed by atoms with Crippen molar-refractivity contribution in [1.29, 1.82) is 0 Å². The Balaban J connectivity index is 1.39. The number of carbonyl (C=O) groups is 1. The Bertz CT molecular complexity index is 901. The van der Waals surface area contributed by atoms with Crippen LogP contribution in [0.5, 0.6) is 0 Å². The molecule has 0 radical (unpaired) electrons. The van der Waals surface area contributed by atoms with Gasteiger partial charge in [-0.05, 0) is 31.6 Å². The number of aromatic nitrogens is 2. The van der Waals surface area contributed by atoms with Crippen LogP contribution < -0.4 is 4.90 Å². The van der Waals surface area contributed by atoms with Crippen LogP contribution in [0.15, 0.2) is 30.3 Å². The molecule has 164 valence electrons. The van der Waals surface area contributed by atoms with Crippen LogP contribution in [0.1, 0.15) is 69.0 Å². The minimum Gasteiger partial charge on any atom is -0.356 e. The van der Waals surface area contributed by atoms with E-state index in [1.54, 1.807) is 0 Å². The van der Waals surface area contributed by atoms with Gasteiger partial charge in [0.15, 0.2) is 5.82 Å². The lowest BCUT2D eigenvalue weighted by molar-refractivity contribution is -0.132. The van der Waals surface area contributed by atoms with Crippen molar-refractivity contribution in [2.24, 2.45) is 5.92 Å². The predicted molar refractivity (Wildman–Crippen MR) is 124 cm³/mol. The smallest absolute Gasteiger partial charge is 0.222 e.